The molecule has 2 atom stereocenters. The molecule has 88 valence electrons. The van der Waals surface area contributed by atoms with E-state index >= 15 is 0 Å². The van der Waals surface area contributed by atoms with Crippen LogP contribution in [-0.2, 0) is 9.53 Å². The number of carbonyl (C=O) groups excluding carboxylic acids is 1. The standard InChI is InChI=1S/C12H22O3/c1-5-6-7-8-11(10(4)13)15-12(14)9(2)3/h10-11,13H,2,5-8H2,1,3-4H3. The SMILES string of the molecule is C=C(C)C(=O)OC(CCCCC)C(C)O. The average Bonchev–Trinajstić information content (AvgIpc) is 2.15. The van der Waals surface area contributed by atoms with E-state index in [1.165, 1.54) is 0 Å². The number of hydrogen-bond acceptors (Lipinski definition) is 3. The van der Waals surface area contributed by atoms with Crippen LogP contribution in [0, 0.1) is 0 Å². The van der Waals surface area contributed by atoms with Crippen molar-refractivity contribution in [2.45, 2.75) is 58.7 Å². The first kappa shape index (κ1) is 14.2. The van der Waals surface area contributed by atoms with E-state index in [1.54, 1.807) is 13.8 Å². The highest BCUT2D eigenvalue weighted by Crippen LogP contribution is 2.12. The zero-order valence-corrected chi connectivity index (χ0v) is 9.95. The number of aliphatic hydroxyl groups is 1. The maximum absolute atomic E-state index is 11.3. The Hall–Kier alpha value is -0.830. The summed E-state index contributed by atoms with van der Waals surface area (Å²) in [5.41, 5.74) is 0.371. The first-order valence-electron chi connectivity index (χ1n) is 5.53. The molecular formula is C12H22O3. The molecule has 0 fully saturated rings. The second-order valence-corrected chi connectivity index (χ2v) is 3.96. The number of esters is 1. The van der Waals surface area contributed by atoms with Gasteiger partial charge in [0.25, 0.3) is 0 Å². The third-order valence-electron chi connectivity index (χ3n) is 2.24. The number of rotatable bonds is 7. The summed E-state index contributed by atoms with van der Waals surface area (Å²) in [4.78, 5) is 11.3. The fourth-order valence-electron chi connectivity index (χ4n) is 1.23. The number of aliphatic hydroxyl groups excluding tert-OH is 1. The molecule has 15 heavy (non-hydrogen) atoms. The van der Waals surface area contributed by atoms with Crippen molar-refractivity contribution in [3.8, 4) is 0 Å². The number of hydrogen-bond donors (Lipinski definition) is 1. The van der Waals surface area contributed by atoms with Crippen LogP contribution in [0.2, 0.25) is 0 Å². The predicted molar refractivity (Wildman–Crippen MR) is 60.5 cm³/mol. The molecule has 0 aliphatic heterocycles. The molecule has 0 radical (unpaired) electrons. The molecule has 0 heterocycles. The van der Waals surface area contributed by atoms with Gasteiger partial charge >= 0.3 is 5.97 Å². The van der Waals surface area contributed by atoms with Gasteiger partial charge in [0.15, 0.2) is 0 Å². The van der Waals surface area contributed by atoms with Crippen LogP contribution in [0.1, 0.15) is 46.5 Å². The van der Waals surface area contributed by atoms with E-state index < -0.39 is 18.2 Å². The van der Waals surface area contributed by atoms with Gasteiger partial charge in [0.2, 0.25) is 0 Å². The first-order valence-corrected chi connectivity index (χ1v) is 5.53. The summed E-state index contributed by atoms with van der Waals surface area (Å²) in [5, 5.41) is 9.44. The van der Waals surface area contributed by atoms with Gasteiger partial charge in [0.05, 0.1) is 6.10 Å². The van der Waals surface area contributed by atoms with Gasteiger partial charge in [-0.1, -0.05) is 26.3 Å². The maximum atomic E-state index is 11.3. The molecule has 0 rings (SSSR count). The van der Waals surface area contributed by atoms with Crippen molar-refractivity contribution >= 4 is 5.97 Å². The third kappa shape index (κ3) is 6.28. The zero-order valence-electron chi connectivity index (χ0n) is 9.95. The Morgan fingerprint density at radius 2 is 2.07 bits per heavy atom. The topological polar surface area (TPSA) is 46.5 Å². The van der Waals surface area contributed by atoms with E-state index in [0.29, 0.717) is 12.0 Å². The van der Waals surface area contributed by atoms with Crippen molar-refractivity contribution in [1.82, 2.24) is 0 Å². The smallest absolute Gasteiger partial charge is 0.333 e. The Morgan fingerprint density at radius 3 is 2.47 bits per heavy atom. The molecule has 0 saturated carbocycles. The lowest BCUT2D eigenvalue weighted by Crippen LogP contribution is -2.29. The number of carbonyl (C=O) groups is 1. The maximum Gasteiger partial charge on any atom is 0.333 e. The molecule has 0 aromatic rings. The highest BCUT2D eigenvalue weighted by Gasteiger charge is 2.19. The minimum Gasteiger partial charge on any atom is -0.456 e. The Kier molecular flexibility index (Phi) is 7.05. The van der Waals surface area contributed by atoms with Gasteiger partial charge < -0.3 is 9.84 Å². The second kappa shape index (κ2) is 7.46. The molecular weight excluding hydrogens is 192 g/mol. The van der Waals surface area contributed by atoms with Gasteiger partial charge in [0.1, 0.15) is 6.10 Å². The van der Waals surface area contributed by atoms with Gasteiger partial charge in [-0.2, -0.15) is 0 Å². The Bertz CT molecular complexity index is 209. The predicted octanol–water partition coefficient (Wildman–Crippen LogP) is 2.44. The van der Waals surface area contributed by atoms with Crippen molar-refractivity contribution in [3.63, 3.8) is 0 Å². The number of ether oxygens (including phenoxy) is 1. The van der Waals surface area contributed by atoms with Crippen LogP contribution in [0.15, 0.2) is 12.2 Å². The lowest BCUT2D eigenvalue weighted by atomic mass is 10.1. The van der Waals surface area contributed by atoms with Crippen LogP contribution in [0.5, 0.6) is 0 Å². The molecule has 3 nitrogen and oxygen atoms in total. The normalized spacial score (nSPS) is 14.4. The zero-order chi connectivity index (χ0) is 11.8. The summed E-state index contributed by atoms with van der Waals surface area (Å²) in [5.74, 6) is -0.419. The second-order valence-electron chi connectivity index (χ2n) is 3.96. The van der Waals surface area contributed by atoms with E-state index in [4.69, 9.17) is 4.74 Å². The highest BCUT2D eigenvalue weighted by molar-refractivity contribution is 5.87. The summed E-state index contributed by atoms with van der Waals surface area (Å²) >= 11 is 0. The van der Waals surface area contributed by atoms with Crippen LogP contribution in [0.25, 0.3) is 0 Å². The van der Waals surface area contributed by atoms with Gasteiger partial charge in [0, 0.05) is 5.57 Å². The molecule has 0 aromatic heterocycles. The van der Waals surface area contributed by atoms with Crippen molar-refractivity contribution in [2.24, 2.45) is 0 Å². The molecule has 0 aliphatic rings. The van der Waals surface area contributed by atoms with E-state index in [-0.39, 0.29) is 0 Å². The Balaban J connectivity index is 4.04. The van der Waals surface area contributed by atoms with Crippen LogP contribution in [-0.4, -0.2) is 23.3 Å². The van der Waals surface area contributed by atoms with Crippen LogP contribution >= 0.6 is 0 Å². The van der Waals surface area contributed by atoms with Gasteiger partial charge in [-0.05, 0) is 26.7 Å². The molecule has 1 N–H and O–H groups in total. The number of unbranched alkanes of at least 4 members (excludes halogenated alkanes) is 2. The van der Waals surface area contributed by atoms with Crippen molar-refractivity contribution in [1.29, 1.82) is 0 Å². The van der Waals surface area contributed by atoms with Gasteiger partial charge in [-0.25, -0.2) is 4.79 Å². The molecule has 0 aromatic carbocycles. The monoisotopic (exact) mass is 214 g/mol. The summed E-state index contributed by atoms with van der Waals surface area (Å²) in [6, 6.07) is 0. The fraction of sp³-hybridized carbons (Fsp3) is 0.750. The van der Waals surface area contributed by atoms with Gasteiger partial charge in [-0.3, -0.25) is 0 Å². The Labute approximate surface area is 92.1 Å². The lowest BCUT2D eigenvalue weighted by molar-refractivity contribution is -0.150. The van der Waals surface area contributed by atoms with Crippen LogP contribution in [0.4, 0.5) is 0 Å². The molecule has 0 saturated heterocycles. The van der Waals surface area contributed by atoms with E-state index in [2.05, 4.69) is 13.5 Å². The van der Waals surface area contributed by atoms with Crippen molar-refractivity contribution in [3.05, 3.63) is 12.2 Å². The molecule has 2 unspecified atom stereocenters. The van der Waals surface area contributed by atoms with Crippen molar-refractivity contribution in [2.75, 3.05) is 0 Å². The minimum atomic E-state index is -0.620. The molecule has 0 bridgehead atoms. The van der Waals surface area contributed by atoms with E-state index in [9.17, 15) is 9.90 Å². The lowest BCUT2D eigenvalue weighted by Gasteiger charge is -2.20. The van der Waals surface area contributed by atoms with Crippen molar-refractivity contribution < 1.29 is 14.6 Å². The minimum absolute atomic E-state index is 0.371. The summed E-state index contributed by atoms with van der Waals surface area (Å²) < 4.78 is 5.13. The molecule has 0 amide bonds. The van der Waals surface area contributed by atoms with Crippen LogP contribution in [0.3, 0.4) is 0 Å². The quantitative estimate of drug-likeness (QED) is 0.402. The highest BCUT2D eigenvalue weighted by atomic mass is 16.6. The van der Waals surface area contributed by atoms with E-state index in [1.807, 2.05) is 0 Å². The largest absolute Gasteiger partial charge is 0.456 e. The molecule has 0 spiro atoms. The summed E-state index contributed by atoms with van der Waals surface area (Å²) in [6.07, 6.45) is 2.86. The molecule has 3 heteroatoms. The average molecular weight is 214 g/mol. The first-order chi connectivity index (χ1) is 6.99. The summed E-state index contributed by atoms with van der Waals surface area (Å²) in [6.45, 7) is 8.86. The van der Waals surface area contributed by atoms with E-state index in [0.717, 1.165) is 19.3 Å². The third-order valence-corrected chi connectivity index (χ3v) is 2.24. The summed E-state index contributed by atoms with van der Waals surface area (Å²) in [7, 11) is 0. The van der Waals surface area contributed by atoms with Gasteiger partial charge in [-0.15, -0.1) is 0 Å². The fourth-order valence-corrected chi connectivity index (χ4v) is 1.23. The van der Waals surface area contributed by atoms with Crippen LogP contribution < -0.4 is 0 Å². The Morgan fingerprint density at radius 1 is 1.47 bits per heavy atom. The molecule has 0 aliphatic carbocycles.